The van der Waals surface area contributed by atoms with E-state index in [0.29, 0.717) is 22.6 Å². The van der Waals surface area contributed by atoms with Crippen LogP contribution in [-0.4, -0.2) is 19.5 Å². The number of Topliss-reactive ketones (excluding diaryl/α,β-unsaturated/α-hetero) is 1. The molecule has 0 amide bonds. The van der Waals surface area contributed by atoms with Gasteiger partial charge in [0.15, 0.2) is 5.78 Å². The molecular formula is C19H16O3. The van der Waals surface area contributed by atoms with Crippen LogP contribution in [0.1, 0.15) is 15.9 Å². The summed E-state index contributed by atoms with van der Waals surface area (Å²) in [5.41, 5.74) is 2.27. The molecular weight excluding hydrogens is 276 g/mol. The SMILES string of the molecule is COc1ccc2c(c1)C(=O)/C(=C\C=C\c1ccccc1)CO2. The predicted octanol–water partition coefficient (Wildman–Crippen LogP) is 3.91. The summed E-state index contributed by atoms with van der Waals surface area (Å²) in [5.74, 6) is 1.24. The zero-order valence-corrected chi connectivity index (χ0v) is 12.3. The van der Waals surface area contributed by atoms with Crippen molar-refractivity contribution in [1.82, 2.24) is 0 Å². The number of methoxy groups -OCH3 is 1. The van der Waals surface area contributed by atoms with Crippen LogP contribution in [0, 0.1) is 0 Å². The highest BCUT2D eigenvalue weighted by atomic mass is 16.5. The van der Waals surface area contributed by atoms with E-state index in [1.165, 1.54) is 0 Å². The molecule has 2 aromatic carbocycles. The van der Waals surface area contributed by atoms with Gasteiger partial charge in [-0.2, -0.15) is 0 Å². The molecule has 2 aromatic rings. The second-order valence-corrected chi connectivity index (χ2v) is 4.94. The average Bonchev–Trinajstić information content (AvgIpc) is 2.58. The van der Waals surface area contributed by atoms with Crippen molar-refractivity contribution >= 4 is 11.9 Å². The third-order valence-corrected chi connectivity index (χ3v) is 3.49. The van der Waals surface area contributed by atoms with Gasteiger partial charge in [-0.15, -0.1) is 0 Å². The summed E-state index contributed by atoms with van der Waals surface area (Å²) in [6, 6.07) is 15.2. The Morgan fingerprint density at radius 2 is 1.95 bits per heavy atom. The van der Waals surface area contributed by atoms with Crippen LogP contribution in [0.4, 0.5) is 0 Å². The summed E-state index contributed by atoms with van der Waals surface area (Å²) < 4.78 is 10.8. The van der Waals surface area contributed by atoms with Gasteiger partial charge in [-0.1, -0.05) is 48.6 Å². The first-order valence-corrected chi connectivity index (χ1v) is 7.06. The van der Waals surface area contributed by atoms with Crippen molar-refractivity contribution in [2.24, 2.45) is 0 Å². The molecule has 0 atom stereocenters. The Kier molecular flexibility index (Phi) is 4.05. The number of carbonyl (C=O) groups excluding carboxylic acids is 1. The Labute approximate surface area is 129 Å². The van der Waals surface area contributed by atoms with E-state index < -0.39 is 0 Å². The smallest absolute Gasteiger partial charge is 0.196 e. The lowest BCUT2D eigenvalue weighted by molar-refractivity contribution is 0.0999. The summed E-state index contributed by atoms with van der Waals surface area (Å²) in [4.78, 5) is 12.5. The summed E-state index contributed by atoms with van der Waals surface area (Å²) in [7, 11) is 1.58. The molecule has 0 unspecified atom stereocenters. The van der Waals surface area contributed by atoms with E-state index in [2.05, 4.69) is 0 Å². The zero-order chi connectivity index (χ0) is 15.4. The fourth-order valence-electron chi connectivity index (χ4n) is 2.30. The van der Waals surface area contributed by atoms with Gasteiger partial charge in [-0.25, -0.2) is 0 Å². The lowest BCUT2D eigenvalue weighted by Crippen LogP contribution is -2.19. The molecule has 0 radical (unpaired) electrons. The van der Waals surface area contributed by atoms with E-state index in [-0.39, 0.29) is 12.4 Å². The molecule has 22 heavy (non-hydrogen) atoms. The van der Waals surface area contributed by atoms with E-state index in [9.17, 15) is 4.79 Å². The highest BCUT2D eigenvalue weighted by Gasteiger charge is 2.23. The van der Waals surface area contributed by atoms with Crippen molar-refractivity contribution in [3.63, 3.8) is 0 Å². The third kappa shape index (κ3) is 2.93. The molecule has 3 nitrogen and oxygen atoms in total. The fourth-order valence-corrected chi connectivity index (χ4v) is 2.30. The van der Waals surface area contributed by atoms with Crippen molar-refractivity contribution < 1.29 is 14.3 Å². The normalized spacial score (nSPS) is 15.7. The molecule has 3 rings (SSSR count). The quantitative estimate of drug-likeness (QED) is 0.805. The minimum absolute atomic E-state index is 0.0159. The number of rotatable bonds is 3. The van der Waals surface area contributed by atoms with Crippen molar-refractivity contribution in [3.05, 3.63) is 77.4 Å². The van der Waals surface area contributed by atoms with Gasteiger partial charge in [0.05, 0.1) is 12.7 Å². The Hall–Kier alpha value is -2.81. The summed E-state index contributed by atoms with van der Waals surface area (Å²) in [6.07, 6.45) is 5.64. The van der Waals surface area contributed by atoms with Crippen LogP contribution >= 0.6 is 0 Å². The van der Waals surface area contributed by atoms with Crippen molar-refractivity contribution in [2.45, 2.75) is 0 Å². The van der Waals surface area contributed by atoms with Crippen LogP contribution in [0.2, 0.25) is 0 Å². The molecule has 110 valence electrons. The molecule has 1 heterocycles. The number of carbonyl (C=O) groups is 1. The number of hydrogen-bond donors (Lipinski definition) is 0. The topological polar surface area (TPSA) is 35.5 Å². The van der Waals surface area contributed by atoms with Crippen molar-refractivity contribution in [2.75, 3.05) is 13.7 Å². The van der Waals surface area contributed by atoms with Gasteiger partial charge >= 0.3 is 0 Å². The van der Waals surface area contributed by atoms with Crippen LogP contribution < -0.4 is 9.47 Å². The largest absolute Gasteiger partial charge is 0.497 e. The van der Waals surface area contributed by atoms with Gasteiger partial charge in [0.2, 0.25) is 0 Å². The van der Waals surface area contributed by atoms with E-state index in [0.717, 1.165) is 5.56 Å². The van der Waals surface area contributed by atoms with Crippen LogP contribution in [-0.2, 0) is 0 Å². The Balaban J connectivity index is 1.83. The summed E-state index contributed by atoms with van der Waals surface area (Å²) >= 11 is 0. The second-order valence-electron chi connectivity index (χ2n) is 4.94. The molecule has 1 aliphatic rings. The first-order valence-electron chi connectivity index (χ1n) is 7.06. The first kappa shape index (κ1) is 14.1. The zero-order valence-electron chi connectivity index (χ0n) is 12.3. The Morgan fingerprint density at radius 3 is 2.73 bits per heavy atom. The molecule has 3 heteroatoms. The monoisotopic (exact) mass is 292 g/mol. The standard InChI is InChI=1S/C19H16O3/c1-21-16-10-11-18-17(12-16)19(20)15(13-22-18)9-5-8-14-6-3-2-4-7-14/h2-12H,13H2,1H3/b8-5+,15-9-. The fraction of sp³-hybridized carbons (Fsp3) is 0.105. The van der Waals surface area contributed by atoms with Gasteiger partial charge in [0, 0.05) is 5.57 Å². The van der Waals surface area contributed by atoms with Crippen LogP contribution in [0.5, 0.6) is 11.5 Å². The number of allylic oxidation sites excluding steroid dienone is 2. The number of ether oxygens (including phenoxy) is 2. The van der Waals surface area contributed by atoms with Gasteiger partial charge in [0.1, 0.15) is 18.1 Å². The molecule has 0 fully saturated rings. The minimum atomic E-state index is -0.0159. The molecule has 0 aromatic heterocycles. The van der Waals surface area contributed by atoms with Crippen LogP contribution in [0.25, 0.3) is 6.08 Å². The molecule has 0 N–H and O–H groups in total. The number of hydrogen-bond acceptors (Lipinski definition) is 3. The van der Waals surface area contributed by atoms with E-state index in [1.807, 2.05) is 42.5 Å². The predicted molar refractivity (Wildman–Crippen MR) is 86.4 cm³/mol. The summed E-state index contributed by atoms with van der Waals surface area (Å²) in [6.45, 7) is 0.289. The number of ketones is 1. The molecule has 0 aliphatic carbocycles. The molecule has 0 spiro atoms. The van der Waals surface area contributed by atoms with E-state index >= 15 is 0 Å². The molecule has 1 aliphatic heterocycles. The maximum atomic E-state index is 12.5. The maximum absolute atomic E-state index is 12.5. The van der Waals surface area contributed by atoms with Crippen LogP contribution in [0.3, 0.4) is 0 Å². The highest BCUT2D eigenvalue weighted by Crippen LogP contribution is 2.30. The van der Waals surface area contributed by atoms with Gasteiger partial charge in [0.25, 0.3) is 0 Å². The number of benzene rings is 2. The maximum Gasteiger partial charge on any atom is 0.196 e. The van der Waals surface area contributed by atoms with E-state index in [4.69, 9.17) is 9.47 Å². The molecule has 0 saturated heterocycles. The summed E-state index contributed by atoms with van der Waals surface area (Å²) in [5, 5.41) is 0. The minimum Gasteiger partial charge on any atom is -0.497 e. The Morgan fingerprint density at radius 1 is 1.14 bits per heavy atom. The number of fused-ring (bicyclic) bond motifs is 1. The van der Waals surface area contributed by atoms with E-state index in [1.54, 1.807) is 31.4 Å². The van der Waals surface area contributed by atoms with Crippen LogP contribution in [0.15, 0.2) is 66.3 Å². The lowest BCUT2D eigenvalue weighted by atomic mass is 9.99. The van der Waals surface area contributed by atoms with Gasteiger partial charge < -0.3 is 9.47 Å². The lowest BCUT2D eigenvalue weighted by Gasteiger charge is -2.19. The Bertz CT molecular complexity index is 743. The first-order chi connectivity index (χ1) is 10.8. The highest BCUT2D eigenvalue weighted by molar-refractivity contribution is 6.12. The molecule has 0 bridgehead atoms. The van der Waals surface area contributed by atoms with Crippen molar-refractivity contribution in [3.8, 4) is 11.5 Å². The third-order valence-electron chi connectivity index (χ3n) is 3.49. The van der Waals surface area contributed by atoms with Crippen molar-refractivity contribution in [1.29, 1.82) is 0 Å². The second kappa shape index (κ2) is 6.31. The van der Waals surface area contributed by atoms with Gasteiger partial charge in [-0.3, -0.25) is 4.79 Å². The average molecular weight is 292 g/mol. The van der Waals surface area contributed by atoms with Gasteiger partial charge in [-0.05, 0) is 23.8 Å². The molecule has 0 saturated carbocycles.